The highest BCUT2D eigenvalue weighted by Crippen LogP contribution is 2.22. The van der Waals surface area contributed by atoms with Crippen LogP contribution in [0.1, 0.15) is 0 Å². The van der Waals surface area contributed by atoms with E-state index in [9.17, 15) is 4.79 Å². The van der Waals surface area contributed by atoms with E-state index < -0.39 is 6.16 Å². The summed E-state index contributed by atoms with van der Waals surface area (Å²) in [7, 11) is 0. The van der Waals surface area contributed by atoms with Crippen LogP contribution in [-0.4, -0.2) is 23.1 Å². The third-order valence-corrected chi connectivity index (χ3v) is 2.68. The molecule has 0 aliphatic carbocycles. The SMILES string of the molecule is O=C1OCC(C(Br)Br)CO1. The van der Waals surface area contributed by atoms with Crippen molar-refractivity contribution < 1.29 is 14.3 Å². The van der Waals surface area contributed by atoms with E-state index in [1.165, 1.54) is 0 Å². The quantitative estimate of drug-likeness (QED) is 0.541. The Labute approximate surface area is 75.3 Å². The van der Waals surface area contributed by atoms with E-state index in [4.69, 9.17) is 0 Å². The summed E-state index contributed by atoms with van der Waals surface area (Å²) in [5.41, 5.74) is 0. The molecule has 0 spiro atoms. The highest BCUT2D eigenvalue weighted by Gasteiger charge is 2.25. The molecule has 1 aliphatic heterocycles. The number of cyclic esters (lactones) is 2. The second-order valence-corrected chi connectivity index (χ2v) is 5.17. The minimum absolute atomic E-state index is 0.146. The van der Waals surface area contributed by atoms with Crippen molar-refractivity contribution >= 4 is 38.0 Å². The Kier molecular flexibility index (Phi) is 2.97. The molecule has 0 amide bonds. The minimum Gasteiger partial charge on any atom is -0.434 e. The average molecular weight is 274 g/mol. The van der Waals surface area contributed by atoms with Crippen LogP contribution >= 0.6 is 31.9 Å². The van der Waals surface area contributed by atoms with Crippen molar-refractivity contribution in [3.05, 3.63) is 0 Å². The first kappa shape index (κ1) is 8.33. The van der Waals surface area contributed by atoms with Gasteiger partial charge in [-0.25, -0.2) is 4.79 Å². The van der Waals surface area contributed by atoms with Gasteiger partial charge in [0.1, 0.15) is 13.2 Å². The maximum absolute atomic E-state index is 10.4. The fourth-order valence-corrected chi connectivity index (χ4v) is 1.20. The fourth-order valence-electron chi connectivity index (χ4n) is 0.585. The molecule has 1 rings (SSSR count). The lowest BCUT2D eigenvalue weighted by Gasteiger charge is -2.22. The summed E-state index contributed by atoms with van der Waals surface area (Å²) in [6.45, 7) is 0.833. The Bertz CT molecular complexity index is 127. The van der Waals surface area contributed by atoms with Crippen molar-refractivity contribution in [1.82, 2.24) is 0 Å². The zero-order chi connectivity index (χ0) is 7.56. The summed E-state index contributed by atoms with van der Waals surface area (Å²) in [5, 5.41) is 0. The molecule has 0 unspecified atom stereocenters. The number of rotatable bonds is 1. The van der Waals surface area contributed by atoms with Gasteiger partial charge >= 0.3 is 6.16 Å². The van der Waals surface area contributed by atoms with Gasteiger partial charge in [0.05, 0.1) is 9.65 Å². The van der Waals surface area contributed by atoms with E-state index in [1.54, 1.807) is 0 Å². The Morgan fingerprint density at radius 1 is 1.40 bits per heavy atom. The number of hydrogen-bond acceptors (Lipinski definition) is 3. The fraction of sp³-hybridized carbons (Fsp3) is 0.800. The third kappa shape index (κ3) is 2.12. The zero-order valence-corrected chi connectivity index (χ0v) is 8.22. The monoisotopic (exact) mass is 272 g/mol. The summed E-state index contributed by atoms with van der Waals surface area (Å²) >= 11 is 6.60. The summed E-state index contributed by atoms with van der Waals surface area (Å²) in [6, 6.07) is 0. The summed E-state index contributed by atoms with van der Waals surface area (Å²) in [4.78, 5) is 10.4. The van der Waals surface area contributed by atoms with Crippen molar-refractivity contribution in [3.8, 4) is 0 Å². The predicted molar refractivity (Wildman–Crippen MR) is 42.4 cm³/mol. The highest BCUT2D eigenvalue weighted by molar-refractivity contribution is 9.24. The number of alkyl halides is 2. The van der Waals surface area contributed by atoms with Crippen molar-refractivity contribution in [2.24, 2.45) is 5.92 Å². The molecule has 0 radical (unpaired) electrons. The van der Waals surface area contributed by atoms with E-state index in [2.05, 4.69) is 41.3 Å². The molecule has 0 aromatic heterocycles. The van der Waals surface area contributed by atoms with Gasteiger partial charge in [-0.3, -0.25) is 0 Å². The van der Waals surface area contributed by atoms with E-state index in [0.29, 0.717) is 13.2 Å². The molecule has 10 heavy (non-hydrogen) atoms. The Balaban J connectivity index is 2.33. The van der Waals surface area contributed by atoms with Gasteiger partial charge in [-0.05, 0) is 0 Å². The van der Waals surface area contributed by atoms with Crippen LogP contribution in [0.25, 0.3) is 0 Å². The molecule has 1 heterocycles. The first-order valence-electron chi connectivity index (χ1n) is 2.78. The van der Waals surface area contributed by atoms with Crippen LogP contribution in [0.5, 0.6) is 0 Å². The lowest BCUT2D eigenvalue weighted by molar-refractivity contribution is -0.00698. The van der Waals surface area contributed by atoms with Gasteiger partial charge in [-0.1, -0.05) is 31.9 Å². The Hall–Kier alpha value is 0.230. The maximum atomic E-state index is 10.4. The van der Waals surface area contributed by atoms with Crippen LogP contribution < -0.4 is 0 Å². The van der Waals surface area contributed by atoms with Crippen molar-refractivity contribution in [2.45, 2.75) is 3.74 Å². The molecule has 0 aromatic rings. The van der Waals surface area contributed by atoms with Crippen LogP contribution in [0.4, 0.5) is 4.79 Å². The van der Waals surface area contributed by atoms with E-state index in [-0.39, 0.29) is 9.65 Å². The Morgan fingerprint density at radius 3 is 2.30 bits per heavy atom. The second-order valence-electron chi connectivity index (χ2n) is 1.97. The van der Waals surface area contributed by atoms with Crippen LogP contribution in [0.2, 0.25) is 0 Å². The average Bonchev–Trinajstić information content (AvgIpc) is 1.88. The molecular formula is C5H6Br2O3. The van der Waals surface area contributed by atoms with Crippen LogP contribution in [0.15, 0.2) is 0 Å². The van der Waals surface area contributed by atoms with Gasteiger partial charge in [-0.2, -0.15) is 0 Å². The van der Waals surface area contributed by atoms with Gasteiger partial charge in [0.2, 0.25) is 0 Å². The number of hydrogen-bond donors (Lipinski definition) is 0. The lowest BCUT2D eigenvalue weighted by Crippen LogP contribution is -2.30. The molecule has 1 saturated heterocycles. The van der Waals surface area contributed by atoms with Crippen LogP contribution in [0.3, 0.4) is 0 Å². The third-order valence-electron chi connectivity index (χ3n) is 1.19. The number of carbonyl (C=O) groups is 1. The first-order valence-corrected chi connectivity index (χ1v) is 4.61. The lowest BCUT2D eigenvalue weighted by atomic mass is 10.2. The van der Waals surface area contributed by atoms with Gasteiger partial charge < -0.3 is 9.47 Å². The highest BCUT2D eigenvalue weighted by atomic mass is 79.9. The van der Waals surface area contributed by atoms with E-state index in [1.807, 2.05) is 0 Å². The molecule has 1 fully saturated rings. The maximum Gasteiger partial charge on any atom is 0.508 e. The normalized spacial score (nSPS) is 20.5. The van der Waals surface area contributed by atoms with Gasteiger partial charge in [0.15, 0.2) is 0 Å². The molecule has 0 atom stereocenters. The number of halogens is 2. The standard InChI is InChI=1S/C5H6Br2O3/c6-4(7)3-1-9-5(8)10-2-3/h3-4H,1-2H2. The molecule has 0 aromatic carbocycles. The number of ether oxygens (including phenoxy) is 2. The van der Waals surface area contributed by atoms with E-state index in [0.717, 1.165) is 0 Å². The Morgan fingerprint density at radius 2 is 1.90 bits per heavy atom. The molecule has 58 valence electrons. The molecule has 0 N–H and O–H groups in total. The predicted octanol–water partition coefficient (Wildman–Crippen LogP) is 1.89. The first-order chi connectivity index (χ1) is 4.70. The summed E-state index contributed by atoms with van der Waals surface area (Å²) < 4.78 is 9.41. The number of carbonyl (C=O) groups excluding carboxylic acids is 1. The van der Waals surface area contributed by atoms with E-state index >= 15 is 0 Å². The minimum atomic E-state index is -0.572. The summed E-state index contributed by atoms with van der Waals surface area (Å²) in [6.07, 6.45) is -0.572. The second kappa shape index (κ2) is 3.57. The largest absolute Gasteiger partial charge is 0.508 e. The zero-order valence-electron chi connectivity index (χ0n) is 5.05. The molecule has 0 saturated carbocycles. The van der Waals surface area contributed by atoms with Crippen LogP contribution in [-0.2, 0) is 9.47 Å². The smallest absolute Gasteiger partial charge is 0.434 e. The molecule has 0 bridgehead atoms. The van der Waals surface area contributed by atoms with Gasteiger partial charge in [0.25, 0.3) is 0 Å². The van der Waals surface area contributed by atoms with Crippen LogP contribution in [0, 0.1) is 5.92 Å². The molecular weight excluding hydrogens is 268 g/mol. The summed E-state index contributed by atoms with van der Waals surface area (Å²) in [5.74, 6) is 0.206. The van der Waals surface area contributed by atoms with Crippen molar-refractivity contribution in [3.63, 3.8) is 0 Å². The van der Waals surface area contributed by atoms with Gasteiger partial charge in [-0.15, -0.1) is 0 Å². The topological polar surface area (TPSA) is 35.5 Å². The van der Waals surface area contributed by atoms with Gasteiger partial charge in [0, 0.05) is 0 Å². The van der Waals surface area contributed by atoms with Crippen molar-refractivity contribution in [2.75, 3.05) is 13.2 Å². The molecule has 5 heteroatoms. The molecule has 3 nitrogen and oxygen atoms in total. The molecule has 1 aliphatic rings. The van der Waals surface area contributed by atoms with Crippen molar-refractivity contribution in [1.29, 1.82) is 0 Å².